The summed E-state index contributed by atoms with van der Waals surface area (Å²) in [4.78, 5) is 15.4. The monoisotopic (exact) mass is 354 g/mol. The molecule has 0 aromatic rings. The summed E-state index contributed by atoms with van der Waals surface area (Å²) < 4.78 is 0. The molecule has 142 valence electrons. The SMILES string of the molecule is CCCCN1C=C(C(=O)NC=C2CCCCCC2)C2=C(C)C=CCC21C. The molecule has 3 rings (SSSR count). The molecule has 1 aliphatic heterocycles. The predicted molar refractivity (Wildman–Crippen MR) is 108 cm³/mol. The highest BCUT2D eigenvalue weighted by Gasteiger charge is 2.44. The van der Waals surface area contributed by atoms with Crippen LogP contribution in [0.3, 0.4) is 0 Å². The van der Waals surface area contributed by atoms with Crippen LogP contribution in [0.1, 0.15) is 78.6 Å². The third-order valence-electron chi connectivity index (χ3n) is 6.15. The van der Waals surface area contributed by atoms with Crippen molar-refractivity contribution >= 4 is 5.91 Å². The zero-order chi connectivity index (χ0) is 18.6. The van der Waals surface area contributed by atoms with Gasteiger partial charge in [-0.05, 0) is 63.5 Å². The van der Waals surface area contributed by atoms with E-state index in [1.807, 2.05) is 6.20 Å². The van der Waals surface area contributed by atoms with Crippen molar-refractivity contribution in [3.63, 3.8) is 0 Å². The summed E-state index contributed by atoms with van der Waals surface area (Å²) in [6.07, 6.45) is 19.2. The van der Waals surface area contributed by atoms with Gasteiger partial charge < -0.3 is 10.2 Å². The number of amides is 1. The first-order valence-electron chi connectivity index (χ1n) is 10.4. The van der Waals surface area contributed by atoms with Crippen LogP contribution in [0.5, 0.6) is 0 Å². The van der Waals surface area contributed by atoms with Crippen LogP contribution in [0.2, 0.25) is 0 Å². The van der Waals surface area contributed by atoms with E-state index < -0.39 is 0 Å². The van der Waals surface area contributed by atoms with Crippen molar-refractivity contribution in [3.05, 3.63) is 46.8 Å². The van der Waals surface area contributed by atoms with E-state index in [4.69, 9.17) is 0 Å². The lowest BCUT2D eigenvalue weighted by Gasteiger charge is -2.39. The van der Waals surface area contributed by atoms with Gasteiger partial charge in [-0.3, -0.25) is 4.79 Å². The molecular weight excluding hydrogens is 320 g/mol. The summed E-state index contributed by atoms with van der Waals surface area (Å²) in [6.45, 7) is 7.65. The van der Waals surface area contributed by atoms with Crippen LogP contribution in [0, 0.1) is 0 Å². The fraction of sp³-hybridized carbons (Fsp3) is 0.609. The minimum atomic E-state index is -0.0733. The molecule has 1 amide bonds. The van der Waals surface area contributed by atoms with Crippen molar-refractivity contribution in [2.45, 2.75) is 84.1 Å². The molecule has 1 saturated carbocycles. The highest BCUT2D eigenvalue weighted by Crippen LogP contribution is 2.44. The topological polar surface area (TPSA) is 32.3 Å². The van der Waals surface area contributed by atoms with Crippen LogP contribution < -0.4 is 5.32 Å². The highest BCUT2D eigenvalue weighted by atomic mass is 16.1. The second-order valence-electron chi connectivity index (χ2n) is 8.22. The predicted octanol–water partition coefficient (Wildman–Crippen LogP) is 5.38. The third kappa shape index (κ3) is 3.82. The molecule has 26 heavy (non-hydrogen) atoms. The number of carbonyl (C=O) groups excluding carboxylic acids is 1. The molecule has 2 aliphatic carbocycles. The summed E-state index contributed by atoms with van der Waals surface area (Å²) >= 11 is 0. The zero-order valence-electron chi connectivity index (χ0n) is 16.7. The first-order chi connectivity index (χ1) is 12.6. The van der Waals surface area contributed by atoms with Gasteiger partial charge in [0.2, 0.25) is 0 Å². The lowest BCUT2D eigenvalue weighted by atomic mass is 9.79. The smallest absolute Gasteiger partial charge is 0.257 e. The average Bonchev–Trinajstić information content (AvgIpc) is 2.77. The summed E-state index contributed by atoms with van der Waals surface area (Å²) in [6, 6.07) is 0. The fourth-order valence-corrected chi connectivity index (χ4v) is 4.59. The number of rotatable bonds is 5. The van der Waals surface area contributed by atoms with E-state index in [-0.39, 0.29) is 11.4 Å². The first kappa shape index (κ1) is 19.0. The van der Waals surface area contributed by atoms with Crippen molar-refractivity contribution in [3.8, 4) is 0 Å². The quantitative estimate of drug-likeness (QED) is 0.673. The number of hydrogen-bond acceptors (Lipinski definition) is 2. The number of nitrogens with one attached hydrogen (secondary N) is 1. The molecule has 3 nitrogen and oxygen atoms in total. The van der Waals surface area contributed by atoms with E-state index in [1.165, 1.54) is 48.8 Å². The maximum absolute atomic E-state index is 13.0. The summed E-state index contributed by atoms with van der Waals surface area (Å²) in [7, 11) is 0. The van der Waals surface area contributed by atoms with Crippen molar-refractivity contribution in [2.75, 3.05) is 6.54 Å². The van der Waals surface area contributed by atoms with Crippen LogP contribution in [0.15, 0.2) is 46.8 Å². The van der Waals surface area contributed by atoms with Crippen molar-refractivity contribution in [2.24, 2.45) is 0 Å². The molecular formula is C23H34N2O. The summed E-state index contributed by atoms with van der Waals surface area (Å²) in [5.41, 5.74) is 4.62. The second kappa shape index (κ2) is 8.28. The molecule has 0 saturated heterocycles. The molecule has 3 aliphatic rings. The Labute approximate surface area is 158 Å². The van der Waals surface area contributed by atoms with E-state index in [0.29, 0.717) is 0 Å². The standard InChI is InChI=1S/C23H34N2O/c1-4-5-15-25-17-20(21-18(2)11-10-14-23(21,25)3)22(26)24-16-19-12-8-6-7-9-13-19/h10-11,16-17H,4-9,12-15H2,1-3H3,(H,24,26). The Morgan fingerprint density at radius 2 is 2.00 bits per heavy atom. The van der Waals surface area contributed by atoms with E-state index in [1.54, 1.807) is 0 Å². The average molecular weight is 355 g/mol. The number of nitrogens with zero attached hydrogens (tertiary/aromatic N) is 1. The van der Waals surface area contributed by atoms with Crippen LogP contribution in [0.25, 0.3) is 0 Å². The van der Waals surface area contributed by atoms with Crippen LogP contribution in [-0.2, 0) is 4.79 Å². The minimum Gasteiger partial charge on any atom is -0.367 e. The fourth-order valence-electron chi connectivity index (χ4n) is 4.59. The maximum Gasteiger partial charge on any atom is 0.257 e. The zero-order valence-corrected chi connectivity index (χ0v) is 16.7. The summed E-state index contributed by atoms with van der Waals surface area (Å²) in [5, 5.41) is 3.12. The third-order valence-corrected chi connectivity index (χ3v) is 6.15. The van der Waals surface area contributed by atoms with Crippen molar-refractivity contribution < 1.29 is 4.79 Å². The summed E-state index contributed by atoms with van der Waals surface area (Å²) in [5.74, 6) is 0.0524. The number of unbranched alkanes of at least 4 members (excludes halogenated alkanes) is 1. The molecule has 1 atom stereocenters. The maximum atomic E-state index is 13.0. The van der Waals surface area contributed by atoms with Gasteiger partial charge in [-0.2, -0.15) is 0 Å². The molecule has 0 radical (unpaired) electrons. The minimum absolute atomic E-state index is 0.0524. The van der Waals surface area contributed by atoms with Gasteiger partial charge in [0.1, 0.15) is 0 Å². The van der Waals surface area contributed by atoms with Crippen molar-refractivity contribution in [1.29, 1.82) is 0 Å². The molecule has 1 unspecified atom stereocenters. The van der Waals surface area contributed by atoms with Crippen LogP contribution in [0.4, 0.5) is 0 Å². The molecule has 0 aromatic heterocycles. The Kier molecular flexibility index (Phi) is 6.05. The normalized spacial score (nSPS) is 25.7. The number of allylic oxidation sites excluding steroid dienone is 3. The number of carbonyl (C=O) groups is 1. The lowest BCUT2D eigenvalue weighted by molar-refractivity contribution is -0.116. The van der Waals surface area contributed by atoms with Crippen LogP contribution in [-0.4, -0.2) is 22.9 Å². The van der Waals surface area contributed by atoms with E-state index in [0.717, 1.165) is 37.8 Å². The number of hydrogen-bond donors (Lipinski definition) is 1. The van der Waals surface area contributed by atoms with Crippen molar-refractivity contribution in [1.82, 2.24) is 10.2 Å². The van der Waals surface area contributed by atoms with Gasteiger partial charge in [-0.25, -0.2) is 0 Å². The Hall–Kier alpha value is -1.77. The molecule has 0 aromatic carbocycles. The van der Waals surface area contributed by atoms with Gasteiger partial charge in [-0.15, -0.1) is 0 Å². The molecule has 1 fully saturated rings. The van der Waals surface area contributed by atoms with Gasteiger partial charge in [0.25, 0.3) is 5.91 Å². The Bertz CT molecular complexity index is 658. The van der Waals surface area contributed by atoms with Gasteiger partial charge in [-0.1, -0.05) is 43.9 Å². The van der Waals surface area contributed by atoms with E-state index in [9.17, 15) is 4.79 Å². The van der Waals surface area contributed by atoms with Gasteiger partial charge in [0.05, 0.1) is 11.1 Å². The molecule has 1 heterocycles. The van der Waals surface area contributed by atoms with E-state index >= 15 is 0 Å². The Morgan fingerprint density at radius 3 is 2.69 bits per heavy atom. The van der Waals surface area contributed by atoms with Gasteiger partial charge >= 0.3 is 0 Å². The highest BCUT2D eigenvalue weighted by molar-refractivity contribution is 6.00. The molecule has 0 spiro atoms. The first-order valence-corrected chi connectivity index (χ1v) is 10.4. The van der Waals surface area contributed by atoms with Gasteiger partial charge in [0.15, 0.2) is 0 Å². The largest absolute Gasteiger partial charge is 0.367 e. The molecule has 3 heteroatoms. The lowest BCUT2D eigenvalue weighted by Crippen LogP contribution is -2.43. The molecule has 1 N–H and O–H groups in total. The Morgan fingerprint density at radius 1 is 1.27 bits per heavy atom. The molecule has 0 bridgehead atoms. The van der Waals surface area contributed by atoms with E-state index in [2.05, 4.69) is 49.3 Å². The second-order valence-corrected chi connectivity index (χ2v) is 8.22. The Balaban J connectivity index is 1.80. The number of fused-ring (bicyclic) bond motifs is 1. The van der Waals surface area contributed by atoms with Gasteiger partial charge in [0, 0.05) is 18.9 Å². The van der Waals surface area contributed by atoms with Crippen LogP contribution >= 0.6 is 0 Å².